The Morgan fingerprint density at radius 2 is 2.00 bits per heavy atom. The van der Waals surface area contributed by atoms with Crippen LogP contribution in [0, 0.1) is 0 Å². The van der Waals surface area contributed by atoms with Gasteiger partial charge in [0, 0.05) is 31.8 Å². The average Bonchev–Trinajstić information content (AvgIpc) is 3.20. The molecule has 1 unspecified atom stereocenters. The summed E-state index contributed by atoms with van der Waals surface area (Å²) in [7, 11) is 1.73. The standard InChI is InChI=1S/C23H26FN7O3/c1-25-20-10-19(29-21-15(11-26-31(20)21)22(32)28-18-9-16(18)24)27-17-3-2-6-30(23(17)33)12-7-13-4-5-14(8-12)34-13/h2-3,6,10-14,16,18,25H,4-5,7-9H2,1H3,(H,27,29)(H,28,32)/t12?,13-,14+,16-,18+/m0/s1. The van der Waals surface area contributed by atoms with Crippen LogP contribution in [0.3, 0.4) is 0 Å². The maximum absolute atomic E-state index is 13.3. The van der Waals surface area contributed by atoms with E-state index in [0.717, 1.165) is 25.7 Å². The zero-order chi connectivity index (χ0) is 23.4. The summed E-state index contributed by atoms with van der Waals surface area (Å²) in [5, 5.41) is 13.1. The fourth-order valence-electron chi connectivity index (χ4n) is 5.01. The van der Waals surface area contributed by atoms with Crippen molar-refractivity contribution in [3.05, 3.63) is 46.5 Å². The molecule has 34 heavy (non-hydrogen) atoms. The molecule has 3 aliphatic rings. The number of pyridine rings is 1. The summed E-state index contributed by atoms with van der Waals surface area (Å²) in [6.45, 7) is 0. The maximum Gasteiger partial charge on any atom is 0.274 e. The van der Waals surface area contributed by atoms with Crippen LogP contribution in [0.2, 0.25) is 0 Å². The molecule has 1 amide bonds. The van der Waals surface area contributed by atoms with E-state index in [0.29, 0.717) is 29.4 Å². The summed E-state index contributed by atoms with van der Waals surface area (Å²) >= 11 is 0. The first-order chi connectivity index (χ1) is 16.5. The third-order valence-corrected chi connectivity index (χ3v) is 6.90. The van der Waals surface area contributed by atoms with Gasteiger partial charge in [0.2, 0.25) is 0 Å². The Bertz CT molecular complexity index is 1310. The van der Waals surface area contributed by atoms with E-state index in [1.54, 1.807) is 23.7 Å². The first-order valence-corrected chi connectivity index (χ1v) is 11.6. The van der Waals surface area contributed by atoms with Crippen LogP contribution in [-0.2, 0) is 4.74 Å². The van der Waals surface area contributed by atoms with Gasteiger partial charge in [0.05, 0.1) is 24.4 Å². The summed E-state index contributed by atoms with van der Waals surface area (Å²) in [5.74, 6) is 0.546. The Balaban J connectivity index is 1.31. The van der Waals surface area contributed by atoms with Crippen LogP contribution in [0.1, 0.15) is 48.5 Å². The molecule has 0 spiro atoms. The lowest BCUT2D eigenvalue weighted by Crippen LogP contribution is -2.33. The minimum atomic E-state index is -1.00. The summed E-state index contributed by atoms with van der Waals surface area (Å²) < 4.78 is 22.5. The molecule has 2 aliphatic heterocycles. The second kappa shape index (κ2) is 8.08. The Morgan fingerprint density at radius 3 is 2.71 bits per heavy atom. The number of anilines is 3. The Labute approximate surface area is 194 Å². The van der Waals surface area contributed by atoms with Crippen molar-refractivity contribution in [3.8, 4) is 0 Å². The Morgan fingerprint density at radius 1 is 1.24 bits per heavy atom. The van der Waals surface area contributed by atoms with E-state index < -0.39 is 18.1 Å². The van der Waals surface area contributed by atoms with Crippen molar-refractivity contribution < 1.29 is 13.9 Å². The molecule has 1 saturated carbocycles. The molecule has 0 aromatic carbocycles. The Hall–Kier alpha value is -3.47. The SMILES string of the molecule is CNc1cc(Nc2cccn(C3C[C@H]4CC[C@@H](C3)O4)c2=O)nc2c(C(=O)N[C@@H]3C[C@@H]3F)cnn12. The summed E-state index contributed by atoms with van der Waals surface area (Å²) in [4.78, 5) is 30.5. The third kappa shape index (κ3) is 3.69. The van der Waals surface area contributed by atoms with Gasteiger partial charge in [-0.3, -0.25) is 9.59 Å². The predicted octanol–water partition coefficient (Wildman–Crippen LogP) is 2.40. The van der Waals surface area contributed by atoms with Gasteiger partial charge >= 0.3 is 0 Å². The molecule has 1 aliphatic carbocycles. The van der Waals surface area contributed by atoms with Crippen LogP contribution in [0.5, 0.6) is 0 Å². The zero-order valence-corrected chi connectivity index (χ0v) is 18.7. The predicted molar refractivity (Wildman–Crippen MR) is 123 cm³/mol. The van der Waals surface area contributed by atoms with Gasteiger partial charge in [0.1, 0.15) is 29.1 Å². The molecule has 10 nitrogen and oxygen atoms in total. The van der Waals surface area contributed by atoms with Crippen molar-refractivity contribution >= 4 is 28.9 Å². The number of rotatable bonds is 6. The molecule has 3 aromatic rings. The largest absolute Gasteiger partial charge is 0.375 e. The number of halogens is 1. The van der Waals surface area contributed by atoms with Crippen LogP contribution >= 0.6 is 0 Å². The fourth-order valence-corrected chi connectivity index (χ4v) is 5.01. The van der Waals surface area contributed by atoms with Crippen molar-refractivity contribution in [1.29, 1.82) is 0 Å². The number of alkyl halides is 1. The molecule has 11 heteroatoms. The third-order valence-electron chi connectivity index (χ3n) is 6.90. The lowest BCUT2D eigenvalue weighted by molar-refractivity contribution is -0.0164. The van der Waals surface area contributed by atoms with Gasteiger partial charge in [-0.1, -0.05) is 0 Å². The number of carbonyl (C=O) groups is 1. The van der Waals surface area contributed by atoms with Crippen molar-refractivity contribution in [2.75, 3.05) is 17.7 Å². The number of hydrogen-bond acceptors (Lipinski definition) is 7. The highest BCUT2D eigenvalue weighted by molar-refractivity contribution is 6.00. The highest BCUT2D eigenvalue weighted by Crippen LogP contribution is 2.38. The van der Waals surface area contributed by atoms with Gasteiger partial charge < -0.3 is 25.3 Å². The lowest BCUT2D eigenvalue weighted by Gasteiger charge is -2.30. The summed E-state index contributed by atoms with van der Waals surface area (Å²) in [6.07, 6.45) is 6.79. The Kier molecular flexibility index (Phi) is 5.01. The molecule has 6 rings (SSSR count). The second-order valence-corrected chi connectivity index (χ2v) is 9.24. The zero-order valence-electron chi connectivity index (χ0n) is 18.7. The number of ether oxygens (including phenoxy) is 1. The smallest absolute Gasteiger partial charge is 0.274 e. The van der Waals surface area contributed by atoms with E-state index in [1.165, 1.54) is 10.7 Å². The molecular weight excluding hydrogens is 441 g/mol. The second-order valence-electron chi connectivity index (χ2n) is 9.24. The average molecular weight is 468 g/mol. The molecule has 5 atom stereocenters. The quantitative estimate of drug-likeness (QED) is 0.510. The number of fused-ring (bicyclic) bond motifs is 3. The van der Waals surface area contributed by atoms with Crippen molar-refractivity contribution in [3.63, 3.8) is 0 Å². The van der Waals surface area contributed by atoms with E-state index in [4.69, 9.17) is 4.74 Å². The molecular formula is C23H26FN7O3. The van der Waals surface area contributed by atoms with Crippen molar-refractivity contribution in [2.45, 2.75) is 62.6 Å². The number of nitrogens with zero attached hydrogens (tertiary/aromatic N) is 4. The molecule has 2 bridgehead atoms. The van der Waals surface area contributed by atoms with Crippen LogP contribution in [0.15, 0.2) is 35.4 Å². The molecule has 3 fully saturated rings. The van der Waals surface area contributed by atoms with E-state index in [9.17, 15) is 14.0 Å². The molecule has 178 valence electrons. The number of hydrogen-bond donors (Lipinski definition) is 3. The number of carbonyl (C=O) groups excluding carboxylic acids is 1. The highest BCUT2D eigenvalue weighted by Gasteiger charge is 2.39. The number of aromatic nitrogens is 4. The normalized spacial score (nSPS) is 27.5. The molecule has 3 N–H and O–H groups in total. The van der Waals surface area contributed by atoms with E-state index in [-0.39, 0.29) is 29.4 Å². The minimum Gasteiger partial charge on any atom is -0.375 e. The lowest BCUT2D eigenvalue weighted by atomic mass is 10.0. The monoisotopic (exact) mass is 467 g/mol. The summed E-state index contributed by atoms with van der Waals surface area (Å²) in [6, 6.07) is 4.92. The number of amides is 1. The van der Waals surface area contributed by atoms with Gasteiger partial charge in [-0.25, -0.2) is 9.37 Å². The van der Waals surface area contributed by atoms with Gasteiger partial charge in [-0.05, 0) is 37.8 Å². The van der Waals surface area contributed by atoms with Crippen LogP contribution in [0.4, 0.5) is 21.7 Å². The van der Waals surface area contributed by atoms with E-state index >= 15 is 0 Å². The fraction of sp³-hybridized carbons (Fsp3) is 0.478. The van der Waals surface area contributed by atoms with Crippen molar-refractivity contribution in [2.24, 2.45) is 0 Å². The molecule has 0 radical (unpaired) electrons. The molecule has 2 saturated heterocycles. The van der Waals surface area contributed by atoms with Crippen molar-refractivity contribution in [1.82, 2.24) is 24.5 Å². The topological polar surface area (TPSA) is 115 Å². The van der Waals surface area contributed by atoms with Gasteiger partial charge in [0.25, 0.3) is 11.5 Å². The first kappa shape index (κ1) is 21.1. The maximum atomic E-state index is 13.3. The van der Waals surface area contributed by atoms with Crippen LogP contribution < -0.4 is 21.5 Å². The minimum absolute atomic E-state index is 0.107. The van der Waals surface area contributed by atoms with E-state index in [2.05, 4.69) is 26.0 Å². The van der Waals surface area contributed by atoms with Gasteiger partial charge in [-0.15, -0.1) is 0 Å². The number of nitrogens with one attached hydrogen (secondary N) is 3. The van der Waals surface area contributed by atoms with Crippen LogP contribution in [-0.4, -0.2) is 56.5 Å². The summed E-state index contributed by atoms with van der Waals surface area (Å²) in [5.41, 5.74) is 0.808. The molecule has 5 heterocycles. The van der Waals surface area contributed by atoms with Gasteiger partial charge in [0.15, 0.2) is 5.65 Å². The van der Waals surface area contributed by atoms with E-state index in [1.807, 2.05) is 12.3 Å². The highest BCUT2D eigenvalue weighted by atomic mass is 19.1. The first-order valence-electron chi connectivity index (χ1n) is 11.6. The molecule has 3 aromatic heterocycles. The van der Waals surface area contributed by atoms with Gasteiger partial charge in [-0.2, -0.15) is 9.61 Å². The van der Waals surface area contributed by atoms with Crippen LogP contribution in [0.25, 0.3) is 5.65 Å².